The molecule has 0 aliphatic carbocycles. The van der Waals surface area contributed by atoms with Crippen LogP contribution in [0.1, 0.15) is 5.56 Å². The molecule has 11 heteroatoms. The molecule has 166 valence electrons. The molecule has 0 fully saturated rings. The normalized spacial score (nSPS) is 12.2. The number of alkyl halides is 3. The Hall–Kier alpha value is -3.18. The van der Waals surface area contributed by atoms with Gasteiger partial charge in [0.05, 0.1) is 23.8 Å². The smallest absolute Gasteiger partial charge is 0.416 e. The number of aromatic nitrogens is 1. The number of anilines is 1. The molecule has 4 aromatic rings. The molecule has 0 bridgehead atoms. The van der Waals surface area contributed by atoms with Crippen LogP contribution in [0, 0.1) is 5.13 Å². The van der Waals surface area contributed by atoms with Crippen LogP contribution in [-0.4, -0.2) is 20.5 Å². The largest absolute Gasteiger partial charge is 0.496 e. The predicted octanol–water partition coefficient (Wildman–Crippen LogP) is 5.93. The van der Waals surface area contributed by atoms with E-state index in [2.05, 4.69) is 9.71 Å². The number of hydrogen-bond donors (Lipinski definition) is 1. The van der Waals surface area contributed by atoms with Crippen molar-refractivity contribution in [2.24, 2.45) is 0 Å². The van der Waals surface area contributed by atoms with Crippen molar-refractivity contribution >= 4 is 37.3 Å². The maximum Gasteiger partial charge on any atom is 0.416 e. The first-order valence-corrected chi connectivity index (χ1v) is 11.3. The van der Waals surface area contributed by atoms with Crippen molar-refractivity contribution < 1.29 is 30.7 Å². The molecule has 0 saturated heterocycles. The number of thiazole rings is 1. The summed E-state index contributed by atoms with van der Waals surface area (Å²) in [4.78, 5) is 3.57. The summed E-state index contributed by atoms with van der Waals surface area (Å²) in [5.41, 5.74) is 0.168. The second-order valence-corrected chi connectivity index (χ2v) is 9.34. The fourth-order valence-corrected chi connectivity index (χ4v) is 5.05. The Morgan fingerprint density at radius 3 is 2.47 bits per heavy atom. The van der Waals surface area contributed by atoms with Crippen LogP contribution in [-0.2, 0) is 16.2 Å². The molecule has 0 saturated carbocycles. The van der Waals surface area contributed by atoms with Gasteiger partial charge in [0.1, 0.15) is 5.75 Å². The van der Waals surface area contributed by atoms with Crippen molar-refractivity contribution in [3.05, 3.63) is 71.5 Å². The fourth-order valence-electron chi connectivity index (χ4n) is 3.23. The lowest BCUT2D eigenvalue weighted by molar-refractivity contribution is -0.137. The maximum atomic E-state index is 13.1. The van der Waals surface area contributed by atoms with E-state index in [9.17, 15) is 26.0 Å². The highest BCUT2D eigenvalue weighted by molar-refractivity contribution is 7.93. The van der Waals surface area contributed by atoms with Crippen molar-refractivity contribution in [3.8, 4) is 16.9 Å². The standard InChI is InChI=1S/C21H14F4N2O3S2/c1-30-18-10-13(21(23,24)25)5-7-17(18)16-4-2-3-12-9-14(6-8-15(12)16)32(28,29)27-20-26-11-19(22)31-20/h2-11H,1H3,(H,26,27). The minimum atomic E-state index is -4.51. The monoisotopic (exact) mass is 482 g/mol. The van der Waals surface area contributed by atoms with Crippen LogP contribution in [0.2, 0.25) is 0 Å². The lowest BCUT2D eigenvalue weighted by atomic mass is 9.96. The molecule has 4 rings (SSSR count). The molecule has 1 aromatic heterocycles. The second kappa shape index (κ2) is 8.06. The molecule has 0 unspecified atom stereocenters. The fraction of sp³-hybridized carbons (Fsp3) is 0.0952. The molecule has 0 spiro atoms. The summed E-state index contributed by atoms with van der Waals surface area (Å²) >= 11 is 0.557. The number of sulfonamides is 1. The summed E-state index contributed by atoms with van der Waals surface area (Å²) in [7, 11) is -2.74. The molecule has 0 amide bonds. The average Bonchev–Trinajstić information content (AvgIpc) is 3.15. The third-order valence-electron chi connectivity index (χ3n) is 4.68. The Kier molecular flexibility index (Phi) is 5.55. The van der Waals surface area contributed by atoms with E-state index in [0.717, 1.165) is 18.3 Å². The molecule has 0 aliphatic heterocycles. The van der Waals surface area contributed by atoms with E-state index in [4.69, 9.17) is 4.74 Å². The van der Waals surface area contributed by atoms with E-state index in [-0.39, 0.29) is 15.8 Å². The second-order valence-electron chi connectivity index (χ2n) is 6.68. The zero-order chi connectivity index (χ0) is 23.1. The Labute approximate surface area is 184 Å². The quantitative estimate of drug-likeness (QED) is 0.358. The number of nitrogens with one attached hydrogen (secondary N) is 1. The minimum absolute atomic E-state index is 0.0384. The number of halogens is 4. The van der Waals surface area contributed by atoms with Gasteiger partial charge in [-0.05, 0) is 40.6 Å². The Morgan fingerprint density at radius 1 is 1.03 bits per heavy atom. The van der Waals surface area contributed by atoms with Gasteiger partial charge >= 0.3 is 6.18 Å². The first-order valence-electron chi connectivity index (χ1n) is 9.01. The zero-order valence-corrected chi connectivity index (χ0v) is 17.9. The molecule has 0 aliphatic rings. The molecule has 1 heterocycles. The van der Waals surface area contributed by atoms with Gasteiger partial charge in [0.25, 0.3) is 10.0 Å². The number of methoxy groups -OCH3 is 1. The van der Waals surface area contributed by atoms with Crippen molar-refractivity contribution in [1.82, 2.24) is 4.98 Å². The number of nitrogens with zero attached hydrogens (tertiary/aromatic N) is 1. The lowest BCUT2D eigenvalue weighted by Gasteiger charge is -2.15. The van der Waals surface area contributed by atoms with Gasteiger partial charge in [-0.3, -0.25) is 4.72 Å². The van der Waals surface area contributed by atoms with Crippen LogP contribution in [0.4, 0.5) is 22.7 Å². The maximum absolute atomic E-state index is 13.1. The van der Waals surface area contributed by atoms with E-state index in [1.165, 1.54) is 25.3 Å². The van der Waals surface area contributed by atoms with Crippen LogP contribution >= 0.6 is 11.3 Å². The van der Waals surface area contributed by atoms with Crippen molar-refractivity contribution in [3.63, 3.8) is 0 Å². The molecular weight excluding hydrogens is 468 g/mol. The topological polar surface area (TPSA) is 68.3 Å². The van der Waals surface area contributed by atoms with Gasteiger partial charge in [-0.25, -0.2) is 13.4 Å². The SMILES string of the molecule is COc1cc(C(F)(F)F)ccc1-c1cccc2cc(S(=O)(=O)Nc3ncc(F)s3)ccc12. The highest BCUT2D eigenvalue weighted by atomic mass is 32.2. The van der Waals surface area contributed by atoms with E-state index < -0.39 is 26.9 Å². The number of hydrogen-bond acceptors (Lipinski definition) is 5. The number of rotatable bonds is 5. The van der Waals surface area contributed by atoms with Crippen LogP contribution in [0.3, 0.4) is 0 Å². The molecule has 0 radical (unpaired) electrons. The molecule has 5 nitrogen and oxygen atoms in total. The van der Waals surface area contributed by atoms with Crippen molar-refractivity contribution in [1.29, 1.82) is 0 Å². The first kappa shape index (κ1) is 22.0. The van der Waals surface area contributed by atoms with Gasteiger partial charge < -0.3 is 4.74 Å². The highest BCUT2D eigenvalue weighted by Crippen LogP contribution is 2.39. The molecule has 32 heavy (non-hydrogen) atoms. The van der Waals surface area contributed by atoms with Crippen LogP contribution in [0.15, 0.2) is 65.7 Å². The molecule has 3 aromatic carbocycles. The number of benzene rings is 3. The summed E-state index contributed by atoms with van der Waals surface area (Å²) in [6.07, 6.45) is -3.60. The summed E-state index contributed by atoms with van der Waals surface area (Å²) in [5, 5.41) is 0.421. The Bertz CT molecular complexity index is 1420. The van der Waals surface area contributed by atoms with Crippen molar-refractivity contribution in [2.75, 3.05) is 11.8 Å². The summed E-state index contributed by atoms with van der Waals surface area (Å²) in [6.45, 7) is 0. The first-order chi connectivity index (χ1) is 15.1. The summed E-state index contributed by atoms with van der Waals surface area (Å²) in [5.74, 6) is 0.0384. The third-order valence-corrected chi connectivity index (χ3v) is 6.85. The van der Waals surface area contributed by atoms with Crippen LogP contribution in [0.5, 0.6) is 5.75 Å². The van der Waals surface area contributed by atoms with Gasteiger partial charge in [-0.15, -0.1) is 0 Å². The predicted molar refractivity (Wildman–Crippen MR) is 114 cm³/mol. The molecule has 1 N–H and O–H groups in total. The minimum Gasteiger partial charge on any atom is -0.496 e. The van der Waals surface area contributed by atoms with E-state index in [1.807, 2.05) is 0 Å². The Balaban J connectivity index is 1.78. The van der Waals surface area contributed by atoms with Crippen molar-refractivity contribution in [2.45, 2.75) is 11.1 Å². The van der Waals surface area contributed by atoms with E-state index in [0.29, 0.717) is 33.2 Å². The highest BCUT2D eigenvalue weighted by Gasteiger charge is 2.31. The van der Waals surface area contributed by atoms with Gasteiger partial charge in [0.2, 0.25) is 0 Å². The summed E-state index contributed by atoms with van der Waals surface area (Å²) in [6, 6.07) is 12.6. The van der Waals surface area contributed by atoms with Gasteiger partial charge in [0, 0.05) is 5.56 Å². The number of fused-ring (bicyclic) bond motifs is 1. The van der Waals surface area contributed by atoms with Gasteiger partial charge in [0.15, 0.2) is 10.3 Å². The third kappa shape index (κ3) is 4.26. The molecule has 0 atom stereocenters. The average molecular weight is 482 g/mol. The van der Waals surface area contributed by atoms with Gasteiger partial charge in [-0.2, -0.15) is 17.6 Å². The zero-order valence-electron chi connectivity index (χ0n) is 16.3. The van der Waals surface area contributed by atoms with Gasteiger partial charge in [-0.1, -0.05) is 41.7 Å². The lowest BCUT2D eigenvalue weighted by Crippen LogP contribution is -2.12. The van der Waals surface area contributed by atoms with Crippen LogP contribution in [0.25, 0.3) is 21.9 Å². The van der Waals surface area contributed by atoms with E-state index >= 15 is 0 Å². The molecular formula is C21H14F4N2O3S2. The van der Waals surface area contributed by atoms with E-state index in [1.54, 1.807) is 24.3 Å². The van der Waals surface area contributed by atoms with Crippen LogP contribution < -0.4 is 9.46 Å². The number of ether oxygens (including phenoxy) is 1. The summed E-state index contributed by atoms with van der Waals surface area (Å²) < 4.78 is 85.0. The Morgan fingerprint density at radius 2 is 1.81 bits per heavy atom.